The van der Waals surface area contributed by atoms with Crippen molar-refractivity contribution in [2.75, 3.05) is 42.6 Å². The summed E-state index contributed by atoms with van der Waals surface area (Å²) in [6, 6.07) is 2.04. The molecule has 0 atom stereocenters. The van der Waals surface area contributed by atoms with Crippen LogP contribution in [0.1, 0.15) is 12.0 Å². The second kappa shape index (κ2) is 7.80. The lowest BCUT2D eigenvalue weighted by Gasteiger charge is -2.24. The second-order valence-corrected chi connectivity index (χ2v) is 7.81. The molecular formula is C15H20N6OS2. The Morgan fingerprint density at radius 1 is 1.33 bits per heavy atom. The van der Waals surface area contributed by atoms with Crippen LogP contribution in [0.3, 0.4) is 0 Å². The van der Waals surface area contributed by atoms with Crippen molar-refractivity contribution in [1.82, 2.24) is 20.1 Å². The van der Waals surface area contributed by atoms with Gasteiger partial charge in [0.05, 0.1) is 5.75 Å². The van der Waals surface area contributed by atoms with E-state index >= 15 is 0 Å². The number of amides is 1. The zero-order chi connectivity index (χ0) is 16.9. The number of hydrogen-bond donors (Lipinski definition) is 1. The first-order chi connectivity index (χ1) is 11.6. The highest BCUT2D eigenvalue weighted by Crippen LogP contribution is 2.24. The standard InChI is InChI=1S/C15H20N6OS2/c1-11-9-17-4-3-12(11)20-5-2-6-21(8-7-20)13(22)10-23-15-19-18-14(16)24-15/h3-4,9H,2,5-8,10H2,1H3,(H2,16,18). The topological polar surface area (TPSA) is 88.2 Å². The molecular weight excluding hydrogens is 344 g/mol. The first kappa shape index (κ1) is 17.0. The van der Waals surface area contributed by atoms with Crippen LogP contribution in [0.5, 0.6) is 0 Å². The van der Waals surface area contributed by atoms with Crippen LogP contribution in [-0.4, -0.2) is 57.9 Å². The third-order valence-electron chi connectivity index (χ3n) is 3.92. The number of hydrogen-bond acceptors (Lipinski definition) is 8. The van der Waals surface area contributed by atoms with Crippen LogP contribution >= 0.6 is 23.1 Å². The van der Waals surface area contributed by atoms with Gasteiger partial charge in [0.2, 0.25) is 11.0 Å². The van der Waals surface area contributed by atoms with Crippen molar-refractivity contribution in [2.24, 2.45) is 0 Å². The number of thioether (sulfide) groups is 1. The van der Waals surface area contributed by atoms with E-state index in [0.717, 1.165) is 36.9 Å². The Kier molecular flexibility index (Phi) is 5.52. The molecule has 7 nitrogen and oxygen atoms in total. The number of nitrogens with two attached hydrogens (primary N) is 1. The summed E-state index contributed by atoms with van der Waals surface area (Å²) in [4.78, 5) is 20.9. The molecule has 0 unspecified atom stereocenters. The number of carbonyl (C=O) groups is 1. The van der Waals surface area contributed by atoms with E-state index in [4.69, 9.17) is 5.73 Å². The highest BCUT2D eigenvalue weighted by molar-refractivity contribution is 8.01. The molecule has 0 spiro atoms. The average Bonchev–Trinajstić information content (AvgIpc) is 2.84. The number of rotatable bonds is 4. The first-order valence-corrected chi connectivity index (χ1v) is 9.59. The van der Waals surface area contributed by atoms with E-state index in [1.165, 1.54) is 34.3 Å². The maximum absolute atomic E-state index is 12.4. The molecule has 0 aliphatic carbocycles. The van der Waals surface area contributed by atoms with Gasteiger partial charge in [-0.1, -0.05) is 23.1 Å². The molecule has 1 amide bonds. The van der Waals surface area contributed by atoms with E-state index in [9.17, 15) is 4.79 Å². The fraction of sp³-hybridized carbons (Fsp3) is 0.467. The van der Waals surface area contributed by atoms with Gasteiger partial charge >= 0.3 is 0 Å². The van der Waals surface area contributed by atoms with Gasteiger partial charge in [-0.15, -0.1) is 10.2 Å². The van der Waals surface area contributed by atoms with E-state index in [2.05, 4.69) is 27.0 Å². The third kappa shape index (κ3) is 4.15. The Balaban J connectivity index is 1.55. The Labute approximate surface area is 149 Å². The predicted octanol–water partition coefficient (Wildman–Crippen LogP) is 1.65. The molecule has 0 radical (unpaired) electrons. The van der Waals surface area contributed by atoms with Gasteiger partial charge < -0.3 is 15.5 Å². The quantitative estimate of drug-likeness (QED) is 0.825. The lowest BCUT2D eigenvalue weighted by Crippen LogP contribution is -2.36. The van der Waals surface area contributed by atoms with Crippen LogP contribution in [0.15, 0.2) is 22.8 Å². The van der Waals surface area contributed by atoms with Crippen molar-refractivity contribution in [3.8, 4) is 0 Å². The Morgan fingerprint density at radius 3 is 2.96 bits per heavy atom. The third-order valence-corrected chi connectivity index (χ3v) is 5.79. The summed E-state index contributed by atoms with van der Waals surface area (Å²) >= 11 is 2.71. The van der Waals surface area contributed by atoms with Gasteiger partial charge in [-0.2, -0.15) is 0 Å². The zero-order valence-corrected chi connectivity index (χ0v) is 15.1. The fourth-order valence-corrected chi connectivity index (χ4v) is 4.26. The van der Waals surface area contributed by atoms with Crippen LogP contribution in [-0.2, 0) is 4.79 Å². The van der Waals surface area contributed by atoms with Crippen molar-refractivity contribution in [2.45, 2.75) is 17.7 Å². The molecule has 2 N–H and O–H groups in total. The van der Waals surface area contributed by atoms with Crippen LogP contribution in [0.2, 0.25) is 0 Å². The van der Waals surface area contributed by atoms with Gasteiger partial charge in [0.1, 0.15) is 0 Å². The molecule has 3 rings (SSSR count). The molecule has 3 heterocycles. The monoisotopic (exact) mass is 364 g/mol. The number of nitrogen functional groups attached to an aromatic ring is 1. The molecule has 1 saturated heterocycles. The van der Waals surface area contributed by atoms with Gasteiger partial charge in [0, 0.05) is 44.3 Å². The minimum Gasteiger partial charge on any atom is -0.374 e. The number of aryl methyl sites for hydroxylation is 1. The molecule has 128 valence electrons. The van der Waals surface area contributed by atoms with Crippen molar-refractivity contribution in [3.63, 3.8) is 0 Å². The van der Waals surface area contributed by atoms with E-state index < -0.39 is 0 Å². The van der Waals surface area contributed by atoms with Crippen molar-refractivity contribution in [3.05, 3.63) is 24.0 Å². The molecule has 1 fully saturated rings. The summed E-state index contributed by atoms with van der Waals surface area (Å²) < 4.78 is 0.740. The summed E-state index contributed by atoms with van der Waals surface area (Å²) in [5, 5.41) is 8.13. The maximum Gasteiger partial charge on any atom is 0.233 e. The van der Waals surface area contributed by atoms with Gasteiger partial charge in [-0.3, -0.25) is 9.78 Å². The van der Waals surface area contributed by atoms with Crippen LogP contribution in [0.25, 0.3) is 0 Å². The molecule has 9 heteroatoms. The van der Waals surface area contributed by atoms with E-state index in [0.29, 0.717) is 10.9 Å². The van der Waals surface area contributed by atoms with Gasteiger partial charge in [0.15, 0.2) is 4.34 Å². The molecule has 1 aliphatic heterocycles. The minimum absolute atomic E-state index is 0.141. The summed E-state index contributed by atoms with van der Waals surface area (Å²) in [6.45, 7) is 5.39. The molecule has 0 aromatic carbocycles. The summed E-state index contributed by atoms with van der Waals surface area (Å²) in [7, 11) is 0. The van der Waals surface area contributed by atoms with E-state index in [1.807, 2.05) is 23.4 Å². The summed E-state index contributed by atoms with van der Waals surface area (Å²) in [6.07, 6.45) is 4.66. The average molecular weight is 365 g/mol. The summed E-state index contributed by atoms with van der Waals surface area (Å²) in [5.74, 6) is 0.519. The second-order valence-electron chi connectivity index (χ2n) is 5.58. The highest BCUT2D eigenvalue weighted by atomic mass is 32.2. The molecule has 2 aromatic heterocycles. The molecule has 0 saturated carbocycles. The molecule has 2 aromatic rings. The number of aromatic nitrogens is 3. The molecule has 1 aliphatic rings. The predicted molar refractivity (Wildman–Crippen MR) is 97.4 cm³/mol. The Hall–Kier alpha value is -1.87. The van der Waals surface area contributed by atoms with Gasteiger partial charge in [0.25, 0.3) is 0 Å². The largest absolute Gasteiger partial charge is 0.374 e. The Bertz CT molecular complexity index is 707. The van der Waals surface area contributed by atoms with Crippen LogP contribution in [0.4, 0.5) is 10.8 Å². The Morgan fingerprint density at radius 2 is 2.21 bits per heavy atom. The maximum atomic E-state index is 12.4. The van der Waals surface area contributed by atoms with Crippen LogP contribution < -0.4 is 10.6 Å². The number of anilines is 2. The lowest BCUT2D eigenvalue weighted by atomic mass is 10.2. The number of carbonyl (C=O) groups excluding carboxylic acids is 1. The van der Waals surface area contributed by atoms with E-state index in [-0.39, 0.29) is 5.91 Å². The zero-order valence-electron chi connectivity index (χ0n) is 13.5. The smallest absolute Gasteiger partial charge is 0.233 e. The van der Waals surface area contributed by atoms with Crippen molar-refractivity contribution < 1.29 is 4.79 Å². The molecule has 0 bridgehead atoms. The summed E-state index contributed by atoms with van der Waals surface area (Å²) in [5.41, 5.74) is 7.93. The van der Waals surface area contributed by atoms with Crippen molar-refractivity contribution >= 4 is 39.8 Å². The SMILES string of the molecule is Cc1cnccc1N1CCCN(C(=O)CSc2nnc(N)s2)CC1. The fourth-order valence-electron chi connectivity index (χ4n) is 2.72. The molecule has 24 heavy (non-hydrogen) atoms. The normalized spacial score (nSPS) is 15.4. The highest BCUT2D eigenvalue weighted by Gasteiger charge is 2.20. The number of nitrogens with zero attached hydrogens (tertiary/aromatic N) is 5. The number of pyridine rings is 1. The first-order valence-electron chi connectivity index (χ1n) is 7.78. The van der Waals surface area contributed by atoms with Crippen molar-refractivity contribution in [1.29, 1.82) is 0 Å². The van der Waals surface area contributed by atoms with Gasteiger partial charge in [-0.25, -0.2) is 0 Å². The van der Waals surface area contributed by atoms with E-state index in [1.54, 1.807) is 0 Å². The minimum atomic E-state index is 0.141. The van der Waals surface area contributed by atoms with Gasteiger partial charge in [-0.05, 0) is 25.0 Å². The lowest BCUT2D eigenvalue weighted by molar-refractivity contribution is -0.128. The van der Waals surface area contributed by atoms with Crippen LogP contribution in [0, 0.1) is 6.92 Å².